The minimum absolute atomic E-state index is 0.0875. The van der Waals surface area contributed by atoms with Crippen LogP contribution in [0.5, 0.6) is 11.5 Å². The van der Waals surface area contributed by atoms with Crippen molar-refractivity contribution in [1.29, 1.82) is 0 Å². The van der Waals surface area contributed by atoms with E-state index in [2.05, 4.69) is 0 Å². The molecule has 0 unspecified atom stereocenters. The smallest absolute Gasteiger partial charge is 0.136 e. The number of ether oxygens (including phenoxy) is 1. The molecule has 0 aromatic heterocycles. The third kappa shape index (κ3) is 2.90. The van der Waals surface area contributed by atoms with Crippen molar-refractivity contribution in [1.82, 2.24) is 0 Å². The summed E-state index contributed by atoms with van der Waals surface area (Å²) in [7, 11) is 0. The van der Waals surface area contributed by atoms with Crippen LogP contribution in [0.2, 0.25) is 0 Å². The molecule has 2 aromatic rings. The molecule has 2 nitrogen and oxygen atoms in total. The fourth-order valence-electron chi connectivity index (χ4n) is 1.82. The second kappa shape index (κ2) is 5.36. The highest BCUT2D eigenvalue weighted by molar-refractivity contribution is 5.40. The molecule has 0 saturated heterocycles. The number of aliphatic hydroxyl groups is 1. The minimum atomic E-state index is -0.988. The summed E-state index contributed by atoms with van der Waals surface area (Å²) in [6, 6.07) is 8.57. The van der Waals surface area contributed by atoms with Crippen LogP contribution in [-0.4, -0.2) is 5.11 Å². The van der Waals surface area contributed by atoms with Crippen LogP contribution >= 0.6 is 0 Å². The van der Waals surface area contributed by atoms with Crippen molar-refractivity contribution in [2.24, 2.45) is 0 Å². The van der Waals surface area contributed by atoms with Crippen molar-refractivity contribution in [2.45, 2.75) is 20.0 Å². The zero-order valence-electron chi connectivity index (χ0n) is 10.7. The van der Waals surface area contributed by atoms with Gasteiger partial charge in [-0.15, -0.1) is 0 Å². The Bertz CT molecular complexity index is 595. The zero-order chi connectivity index (χ0) is 14.0. The third-order valence-electron chi connectivity index (χ3n) is 2.79. The lowest BCUT2D eigenvalue weighted by Crippen LogP contribution is -2.00. The van der Waals surface area contributed by atoms with Gasteiger partial charge in [0.15, 0.2) is 0 Å². The van der Waals surface area contributed by atoms with Gasteiger partial charge in [-0.2, -0.15) is 0 Å². The molecule has 0 aliphatic heterocycles. The lowest BCUT2D eigenvalue weighted by Gasteiger charge is -2.14. The van der Waals surface area contributed by atoms with Crippen LogP contribution in [-0.2, 0) is 0 Å². The van der Waals surface area contributed by atoms with Gasteiger partial charge < -0.3 is 9.84 Å². The van der Waals surface area contributed by atoms with Crippen molar-refractivity contribution in [3.05, 3.63) is 59.2 Å². The van der Waals surface area contributed by atoms with E-state index in [0.717, 1.165) is 0 Å². The molecule has 0 spiro atoms. The summed E-state index contributed by atoms with van der Waals surface area (Å²) in [5.41, 5.74) is 0.525. The fourth-order valence-corrected chi connectivity index (χ4v) is 1.82. The lowest BCUT2D eigenvalue weighted by molar-refractivity contribution is 0.190. The van der Waals surface area contributed by atoms with Crippen LogP contribution in [0.1, 0.15) is 24.2 Å². The zero-order valence-corrected chi connectivity index (χ0v) is 10.7. The number of hydrogen-bond acceptors (Lipinski definition) is 2. The maximum Gasteiger partial charge on any atom is 0.136 e. The molecular weight excluding hydrogens is 250 g/mol. The molecule has 1 N–H and O–H groups in total. The van der Waals surface area contributed by atoms with E-state index in [4.69, 9.17) is 4.74 Å². The summed E-state index contributed by atoms with van der Waals surface area (Å²) in [5.74, 6) is -0.249. The van der Waals surface area contributed by atoms with E-state index in [-0.39, 0.29) is 17.1 Å². The molecule has 0 heterocycles. The summed E-state index contributed by atoms with van der Waals surface area (Å²) in [4.78, 5) is 0. The van der Waals surface area contributed by atoms with Crippen LogP contribution < -0.4 is 4.74 Å². The molecule has 0 aliphatic rings. The van der Waals surface area contributed by atoms with Crippen molar-refractivity contribution < 1.29 is 18.6 Å². The van der Waals surface area contributed by atoms with E-state index in [0.29, 0.717) is 11.3 Å². The number of rotatable bonds is 3. The third-order valence-corrected chi connectivity index (χ3v) is 2.79. The summed E-state index contributed by atoms with van der Waals surface area (Å²) in [6.45, 7) is 3.07. The van der Waals surface area contributed by atoms with E-state index in [1.807, 2.05) is 0 Å². The number of hydrogen-bond donors (Lipinski definition) is 1. The maximum absolute atomic E-state index is 13.6. The number of halogens is 2. The van der Waals surface area contributed by atoms with E-state index >= 15 is 0 Å². The minimum Gasteiger partial charge on any atom is -0.457 e. The van der Waals surface area contributed by atoms with Gasteiger partial charge in [0.2, 0.25) is 0 Å². The molecule has 0 saturated carbocycles. The molecule has 0 aliphatic carbocycles. The van der Waals surface area contributed by atoms with Gasteiger partial charge in [0, 0.05) is 0 Å². The largest absolute Gasteiger partial charge is 0.457 e. The Hall–Kier alpha value is -1.94. The maximum atomic E-state index is 13.6. The highest BCUT2D eigenvalue weighted by atomic mass is 19.1. The molecule has 2 aromatic carbocycles. The first-order valence-electron chi connectivity index (χ1n) is 5.89. The molecule has 100 valence electrons. The normalized spacial score (nSPS) is 12.3. The Labute approximate surface area is 110 Å². The fraction of sp³-hybridized carbons (Fsp3) is 0.200. The Morgan fingerprint density at radius 1 is 1.11 bits per heavy atom. The van der Waals surface area contributed by atoms with Gasteiger partial charge in [-0.1, -0.05) is 6.07 Å². The molecule has 0 radical (unpaired) electrons. The molecule has 2 rings (SSSR count). The Morgan fingerprint density at radius 2 is 1.84 bits per heavy atom. The first-order chi connectivity index (χ1) is 8.99. The van der Waals surface area contributed by atoms with Gasteiger partial charge in [-0.05, 0) is 49.7 Å². The van der Waals surface area contributed by atoms with Gasteiger partial charge in [0.25, 0.3) is 0 Å². The van der Waals surface area contributed by atoms with Crippen LogP contribution in [0, 0.1) is 18.6 Å². The first-order valence-corrected chi connectivity index (χ1v) is 5.89. The van der Waals surface area contributed by atoms with Crippen LogP contribution in [0.15, 0.2) is 36.4 Å². The van der Waals surface area contributed by atoms with Crippen molar-refractivity contribution in [3.63, 3.8) is 0 Å². The summed E-state index contributed by atoms with van der Waals surface area (Å²) < 4.78 is 32.3. The predicted octanol–water partition coefficient (Wildman–Crippen LogP) is 4.12. The standard InChI is InChI=1S/C15H14F2O2/c1-9-8-11(6-7-12(9)16)19-14-5-3-4-13(17)15(14)10(2)18/h3-8,10,18H,1-2H3/t10-/m1/s1. The summed E-state index contributed by atoms with van der Waals surface area (Å²) in [6.07, 6.45) is -0.988. The molecule has 4 heteroatoms. The Balaban J connectivity index is 2.38. The molecule has 1 atom stereocenters. The Morgan fingerprint density at radius 3 is 2.47 bits per heavy atom. The predicted molar refractivity (Wildman–Crippen MR) is 68.2 cm³/mol. The molecule has 0 fully saturated rings. The summed E-state index contributed by atoms with van der Waals surface area (Å²) >= 11 is 0. The molecular formula is C15H14F2O2. The van der Waals surface area contributed by atoms with Gasteiger partial charge in [-0.25, -0.2) is 8.78 Å². The van der Waals surface area contributed by atoms with E-state index in [9.17, 15) is 13.9 Å². The van der Waals surface area contributed by atoms with Crippen molar-refractivity contribution in [2.75, 3.05) is 0 Å². The second-order valence-electron chi connectivity index (χ2n) is 4.34. The first kappa shape index (κ1) is 13.5. The Kier molecular flexibility index (Phi) is 3.81. The van der Waals surface area contributed by atoms with Crippen LogP contribution in [0.3, 0.4) is 0 Å². The SMILES string of the molecule is Cc1cc(Oc2cccc(F)c2[C@@H](C)O)ccc1F. The van der Waals surface area contributed by atoms with Gasteiger partial charge in [-0.3, -0.25) is 0 Å². The average molecular weight is 264 g/mol. The summed E-state index contributed by atoms with van der Waals surface area (Å²) in [5, 5.41) is 9.58. The monoisotopic (exact) mass is 264 g/mol. The van der Waals surface area contributed by atoms with E-state index in [1.165, 1.54) is 37.3 Å². The average Bonchev–Trinajstić information content (AvgIpc) is 2.33. The number of aryl methyl sites for hydroxylation is 1. The van der Waals surface area contributed by atoms with Crippen LogP contribution in [0.4, 0.5) is 8.78 Å². The van der Waals surface area contributed by atoms with E-state index < -0.39 is 11.9 Å². The van der Waals surface area contributed by atoms with Gasteiger partial charge in [0.1, 0.15) is 23.1 Å². The van der Waals surface area contributed by atoms with Crippen molar-refractivity contribution >= 4 is 0 Å². The highest BCUT2D eigenvalue weighted by Gasteiger charge is 2.15. The quantitative estimate of drug-likeness (QED) is 0.903. The van der Waals surface area contributed by atoms with E-state index in [1.54, 1.807) is 13.0 Å². The topological polar surface area (TPSA) is 29.5 Å². The molecule has 0 bridgehead atoms. The van der Waals surface area contributed by atoms with Crippen LogP contribution in [0.25, 0.3) is 0 Å². The number of aliphatic hydroxyl groups excluding tert-OH is 1. The van der Waals surface area contributed by atoms with Gasteiger partial charge >= 0.3 is 0 Å². The van der Waals surface area contributed by atoms with Crippen molar-refractivity contribution in [3.8, 4) is 11.5 Å². The highest BCUT2D eigenvalue weighted by Crippen LogP contribution is 2.32. The molecule has 0 amide bonds. The number of benzene rings is 2. The molecule has 19 heavy (non-hydrogen) atoms. The second-order valence-corrected chi connectivity index (χ2v) is 4.34. The lowest BCUT2D eigenvalue weighted by atomic mass is 10.1. The van der Waals surface area contributed by atoms with Gasteiger partial charge in [0.05, 0.1) is 11.7 Å².